The van der Waals surface area contributed by atoms with Crippen molar-refractivity contribution < 1.29 is 8.78 Å². The number of nitrogens with two attached hydrogens (primary N) is 1. The monoisotopic (exact) mass is 345 g/mol. The summed E-state index contributed by atoms with van der Waals surface area (Å²) in [4.78, 5) is 0. The van der Waals surface area contributed by atoms with Crippen molar-refractivity contribution in [2.24, 2.45) is 5.73 Å². The van der Waals surface area contributed by atoms with Crippen LogP contribution in [0.2, 0.25) is 5.02 Å². The van der Waals surface area contributed by atoms with Gasteiger partial charge in [-0.05, 0) is 51.7 Å². The Morgan fingerprint density at radius 3 is 2.63 bits per heavy atom. The van der Waals surface area contributed by atoms with E-state index >= 15 is 0 Å². The van der Waals surface area contributed by atoms with Gasteiger partial charge in [0.2, 0.25) is 0 Å². The largest absolute Gasteiger partial charge is 0.324 e. The SMILES string of the molecule is NC(Cc1cccc(F)c1F)c1ccc(Br)c(Cl)c1. The molecule has 0 saturated carbocycles. The predicted octanol–water partition coefficient (Wildman–Crippen LogP) is 4.62. The van der Waals surface area contributed by atoms with E-state index in [1.165, 1.54) is 12.1 Å². The topological polar surface area (TPSA) is 26.0 Å². The summed E-state index contributed by atoms with van der Waals surface area (Å²) in [6.45, 7) is 0. The van der Waals surface area contributed by atoms with E-state index < -0.39 is 17.7 Å². The summed E-state index contributed by atoms with van der Waals surface area (Å²) < 4.78 is 27.4. The molecule has 2 aromatic rings. The van der Waals surface area contributed by atoms with Gasteiger partial charge < -0.3 is 5.73 Å². The fourth-order valence-corrected chi connectivity index (χ4v) is 2.24. The molecule has 0 aliphatic heterocycles. The van der Waals surface area contributed by atoms with Crippen molar-refractivity contribution in [3.63, 3.8) is 0 Å². The molecule has 1 atom stereocenters. The summed E-state index contributed by atoms with van der Waals surface area (Å²) in [5.74, 6) is -1.71. The highest BCUT2D eigenvalue weighted by molar-refractivity contribution is 9.10. The number of benzene rings is 2. The first kappa shape index (κ1) is 14.4. The highest BCUT2D eigenvalue weighted by atomic mass is 79.9. The Labute approximate surface area is 123 Å². The maximum atomic E-state index is 13.6. The quantitative estimate of drug-likeness (QED) is 0.862. The van der Waals surface area contributed by atoms with E-state index in [1.807, 2.05) is 0 Å². The molecule has 0 saturated heterocycles. The van der Waals surface area contributed by atoms with Crippen LogP contribution in [0, 0.1) is 11.6 Å². The third-order valence-electron chi connectivity index (χ3n) is 2.84. The smallest absolute Gasteiger partial charge is 0.162 e. The van der Waals surface area contributed by atoms with Crippen molar-refractivity contribution in [3.05, 3.63) is 68.7 Å². The summed E-state index contributed by atoms with van der Waals surface area (Å²) in [6, 6.07) is 8.93. The molecule has 0 bridgehead atoms. The molecule has 19 heavy (non-hydrogen) atoms. The normalized spacial score (nSPS) is 12.5. The third-order valence-corrected chi connectivity index (χ3v) is 4.08. The van der Waals surface area contributed by atoms with Gasteiger partial charge in [-0.25, -0.2) is 8.78 Å². The van der Waals surface area contributed by atoms with Crippen LogP contribution < -0.4 is 5.73 Å². The lowest BCUT2D eigenvalue weighted by atomic mass is 9.99. The first-order chi connectivity index (χ1) is 8.99. The lowest BCUT2D eigenvalue weighted by molar-refractivity contribution is 0.494. The maximum absolute atomic E-state index is 13.6. The van der Waals surface area contributed by atoms with Gasteiger partial charge in [0.15, 0.2) is 11.6 Å². The molecule has 5 heteroatoms. The molecule has 0 spiro atoms. The predicted molar refractivity (Wildman–Crippen MR) is 76.1 cm³/mol. The molecule has 2 N–H and O–H groups in total. The minimum Gasteiger partial charge on any atom is -0.324 e. The maximum Gasteiger partial charge on any atom is 0.162 e. The van der Waals surface area contributed by atoms with E-state index in [9.17, 15) is 8.78 Å². The summed E-state index contributed by atoms with van der Waals surface area (Å²) >= 11 is 9.26. The Hall–Kier alpha value is -0.970. The minimum absolute atomic E-state index is 0.210. The molecule has 2 aromatic carbocycles. The van der Waals surface area contributed by atoms with Gasteiger partial charge in [0.05, 0.1) is 5.02 Å². The van der Waals surface area contributed by atoms with Crippen LogP contribution in [-0.2, 0) is 6.42 Å². The van der Waals surface area contributed by atoms with Gasteiger partial charge in [-0.1, -0.05) is 29.8 Å². The zero-order valence-corrected chi connectivity index (χ0v) is 12.2. The molecule has 0 radical (unpaired) electrons. The Balaban J connectivity index is 2.23. The van der Waals surface area contributed by atoms with Crippen molar-refractivity contribution in [1.29, 1.82) is 0 Å². The second-order valence-electron chi connectivity index (χ2n) is 4.20. The molecular formula is C14H11BrClF2N. The molecule has 100 valence electrons. The van der Waals surface area contributed by atoms with E-state index in [0.717, 1.165) is 16.1 Å². The molecule has 0 aliphatic carbocycles. The molecule has 2 rings (SSSR count). The van der Waals surface area contributed by atoms with E-state index in [-0.39, 0.29) is 12.0 Å². The van der Waals surface area contributed by atoms with Gasteiger partial charge in [0, 0.05) is 10.5 Å². The Kier molecular flexibility index (Phi) is 4.55. The summed E-state index contributed by atoms with van der Waals surface area (Å²) in [6.07, 6.45) is 0.210. The van der Waals surface area contributed by atoms with Crippen molar-refractivity contribution in [1.82, 2.24) is 0 Å². The fraction of sp³-hybridized carbons (Fsp3) is 0.143. The van der Waals surface area contributed by atoms with Crippen molar-refractivity contribution >= 4 is 27.5 Å². The van der Waals surface area contributed by atoms with Gasteiger partial charge in [-0.3, -0.25) is 0 Å². The lowest BCUT2D eigenvalue weighted by Gasteiger charge is -2.13. The highest BCUT2D eigenvalue weighted by Crippen LogP contribution is 2.27. The minimum atomic E-state index is -0.862. The molecular weight excluding hydrogens is 336 g/mol. The van der Waals surface area contributed by atoms with Crippen LogP contribution in [0.5, 0.6) is 0 Å². The zero-order chi connectivity index (χ0) is 14.0. The average molecular weight is 347 g/mol. The molecule has 1 nitrogen and oxygen atoms in total. The molecule has 0 heterocycles. The third kappa shape index (κ3) is 3.32. The number of hydrogen-bond donors (Lipinski definition) is 1. The number of rotatable bonds is 3. The van der Waals surface area contributed by atoms with Gasteiger partial charge >= 0.3 is 0 Å². The van der Waals surface area contributed by atoms with Crippen molar-refractivity contribution in [2.45, 2.75) is 12.5 Å². The van der Waals surface area contributed by atoms with E-state index in [0.29, 0.717) is 5.02 Å². The summed E-state index contributed by atoms with van der Waals surface area (Å²) in [5.41, 5.74) is 7.03. The number of halogens is 4. The first-order valence-corrected chi connectivity index (χ1v) is 6.79. The van der Waals surface area contributed by atoms with E-state index in [2.05, 4.69) is 15.9 Å². The van der Waals surface area contributed by atoms with Gasteiger partial charge in [-0.15, -0.1) is 0 Å². The zero-order valence-electron chi connectivity index (χ0n) is 9.84. The molecule has 0 amide bonds. The van der Waals surface area contributed by atoms with Crippen LogP contribution in [-0.4, -0.2) is 0 Å². The standard InChI is InChI=1S/C14H11BrClF2N/c15-10-5-4-8(6-11(10)16)13(19)7-9-2-1-3-12(17)14(9)18/h1-6,13H,7,19H2. The van der Waals surface area contributed by atoms with E-state index in [4.69, 9.17) is 17.3 Å². The van der Waals surface area contributed by atoms with Gasteiger partial charge in [-0.2, -0.15) is 0 Å². The molecule has 0 aliphatic rings. The van der Waals surface area contributed by atoms with Crippen LogP contribution in [0.4, 0.5) is 8.78 Å². The van der Waals surface area contributed by atoms with Gasteiger partial charge in [0.1, 0.15) is 0 Å². The van der Waals surface area contributed by atoms with Crippen LogP contribution >= 0.6 is 27.5 Å². The second-order valence-corrected chi connectivity index (χ2v) is 5.46. The molecule has 1 unspecified atom stereocenters. The number of hydrogen-bond acceptors (Lipinski definition) is 1. The Morgan fingerprint density at radius 1 is 1.21 bits per heavy atom. The van der Waals surface area contributed by atoms with Crippen LogP contribution in [0.15, 0.2) is 40.9 Å². The Bertz CT molecular complexity index is 604. The van der Waals surface area contributed by atoms with Crippen molar-refractivity contribution in [2.75, 3.05) is 0 Å². The van der Waals surface area contributed by atoms with E-state index in [1.54, 1.807) is 18.2 Å². The first-order valence-electron chi connectivity index (χ1n) is 5.62. The lowest BCUT2D eigenvalue weighted by Crippen LogP contribution is -2.14. The summed E-state index contributed by atoms with van der Waals surface area (Å²) in [7, 11) is 0. The Morgan fingerprint density at radius 2 is 1.95 bits per heavy atom. The van der Waals surface area contributed by atoms with Crippen molar-refractivity contribution in [3.8, 4) is 0 Å². The molecule has 0 aromatic heterocycles. The van der Waals surface area contributed by atoms with Crippen LogP contribution in [0.3, 0.4) is 0 Å². The second kappa shape index (κ2) is 5.99. The van der Waals surface area contributed by atoms with Crippen LogP contribution in [0.25, 0.3) is 0 Å². The molecule has 0 fully saturated rings. The van der Waals surface area contributed by atoms with Gasteiger partial charge in [0.25, 0.3) is 0 Å². The average Bonchev–Trinajstić information content (AvgIpc) is 2.38. The summed E-state index contributed by atoms with van der Waals surface area (Å²) in [5, 5.41) is 0.535. The van der Waals surface area contributed by atoms with Crippen LogP contribution in [0.1, 0.15) is 17.2 Å². The highest BCUT2D eigenvalue weighted by Gasteiger charge is 2.13. The fourth-order valence-electron chi connectivity index (χ4n) is 1.80.